The molecule has 4 heterocycles. The molecule has 1 fully saturated rings. The van der Waals surface area contributed by atoms with Crippen molar-refractivity contribution in [1.29, 1.82) is 0 Å². The number of thiophene rings is 1. The van der Waals surface area contributed by atoms with Crippen LogP contribution in [0.3, 0.4) is 0 Å². The van der Waals surface area contributed by atoms with E-state index in [1.54, 1.807) is 23.6 Å². The Hall–Kier alpha value is -1.77. The number of aromatic amines is 1. The molecule has 8 heteroatoms. The fourth-order valence-corrected chi connectivity index (χ4v) is 4.99. The summed E-state index contributed by atoms with van der Waals surface area (Å²) in [6.07, 6.45) is 3.74. The molecule has 0 bridgehead atoms. The summed E-state index contributed by atoms with van der Waals surface area (Å²) >= 11 is 5.06. The van der Waals surface area contributed by atoms with E-state index in [0.717, 1.165) is 41.1 Å². The van der Waals surface area contributed by atoms with Crippen LogP contribution in [0, 0.1) is 0 Å². The van der Waals surface area contributed by atoms with E-state index >= 15 is 0 Å². The van der Waals surface area contributed by atoms with Crippen LogP contribution in [0.25, 0.3) is 21.9 Å². The van der Waals surface area contributed by atoms with E-state index in [1.165, 1.54) is 0 Å². The molecule has 3 aromatic rings. The molecule has 1 atom stereocenters. The van der Waals surface area contributed by atoms with Crippen LogP contribution < -0.4 is 5.32 Å². The summed E-state index contributed by atoms with van der Waals surface area (Å²) in [5, 5.41) is 5.23. The Morgan fingerprint density at radius 3 is 2.96 bits per heavy atom. The molecule has 1 aliphatic rings. The van der Waals surface area contributed by atoms with Gasteiger partial charge in [-0.3, -0.25) is 9.69 Å². The van der Waals surface area contributed by atoms with Crippen LogP contribution in [-0.4, -0.2) is 50.4 Å². The number of imidazole rings is 1. The number of likely N-dealkylation sites (tertiary alicyclic amines) is 1. The van der Waals surface area contributed by atoms with Crippen molar-refractivity contribution in [2.75, 3.05) is 13.1 Å². The average Bonchev–Trinajstić information content (AvgIpc) is 3.26. The number of hydrogen-bond acceptors (Lipinski definition) is 5. The minimum absolute atomic E-state index is 0.0734. The van der Waals surface area contributed by atoms with Gasteiger partial charge in [0.2, 0.25) is 0 Å². The Morgan fingerprint density at radius 2 is 2.25 bits per heavy atom. The molecule has 4 rings (SSSR count). The highest BCUT2D eigenvalue weighted by atomic mass is 79.9. The lowest BCUT2D eigenvalue weighted by molar-refractivity contribution is 0.0763. The second kappa shape index (κ2) is 7.57. The summed E-state index contributed by atoms with van der Waals surface area (Å²) in [6, 6.07) is 3.92. The number of fused-ring (bicyclic) bond motifs is 1. The summed E-state index contributed by atoms with van der Waals surface area (Å²) < 4.78 is 1.01. The Morgan fingerprint density at radius 1 is 1.43 bits per heavy atom. The topological polar surface area (TPSA) is 73.9 Å². The van der Waals surface area contributed by atoms with Crippen LogP contribution in [0.5, 0.6) is 0 Å². The summed E-state index contributed by atoms with van der Waals surface area (Å²) in [6.45, 7) is 8.62. The monoisotopic (exact) mass is 461 g/mol. The number of nitrogens with zero attached hydrogens (tertiary/aromatic N) is 3. The van der Waals surface area contributed by atoms with Gasteiger partial charge in [0.15, 0.2) is 11.5 Å². The molecule has 1 aliphatic heterocycles. The number of amides is 1. The van der Waals surface area contributed by atoms with E-state index in [4.69, 9.17) is 0 Å². The summed E-state index contributed by atoms with van der Waals surface area (Å²) in [5.74, 6) is 0.658. The molecular weight excluding hydrogens is 438 g/mol. The number of carbonyl (C=O) groups is 1. The van der Waals surface area contributed by atoms with Crippen LogP contribution in [-0.2, 0) is 0 Å². The van der Waals surface area contributed by atoms with Gasteiger partial charge in [-0.05, 0) is 68.2 Å². The number of hydrogen-bond donors (Lipinski definition) is 2. The van der Waals surface area contributed by atoms with Crippen molar-refractivity contribution in [2.45, 2.75) is 45.2 Å². The lowest BCUT2D eigenvalue weighted by Crippen LogP contribution is -2.53. The molecule has 148 valence electrons. The van der Waals surface area contributed by atoms with Gasteiger partial charge in [-0.15, -0.1) is 11.3 Å². The van der Waals surface area contributed by atoms with Gasteiger partial charge >= 0.3 is 0 Å². The number of rotatable bonds is 3. The van der Waals surface area contributed by atoms with Crippen molar-refractivity contribution in [3.05, 3.63) is 33.7 Å². The fourth-order valence-electron chi connectivity index (χ4n) is 3.62. The minimum Gasteiger partial charge on any atom is -0.348 e. The van der Waals surface area contributed by atoms with Crippen LogP contribution in [0.1, 0.15) is 44.0 Å². The molecule has 0 spiro atoms. The normalized spacial score (nSPS) is 18.5. The van der Waals surface area contributed by atoms with E-state index in [9.17, 15) is 4.79 Å². The molecule has 6 nitrogen and oxygen atoms in total. The van der Waals surface area contributed by atoms with Crippen LogP contribution in [0.2, 0.25) is 0 Å². The number of piperidine rings is 1. The maximum Gasteiger partial charge on any atom is 0.253 e. The van der Waals surface area contributed by atoms with Gasteiger partial charge in [0.1, 0.15) is 0 Å². The molecule has 1 saturated heterocycles. The third kappa shape index (κ3) is 3.99. The Labute approximate surface area is 176 Å². The molecular formula is C20H24BrN5OS. The van der Waals surface area contributed by atoms with Crippen molar-refractivity contribution >= 4 is 44.3 Å². The van der Waals surface area contributed by atoms with Gasteiger partial charge in [0.05, 0.1) is 16.0 Å². The quantitative estimate of drug-likeness (QED) is 0.604. The molecule has 0 radical (unpaired) electrons. The predicted octanol–water partition coefficient (Wildman–Crippen LogP) is 4.44. The summed E-state index contributed by atoms with van der Waals surface area (Å²) in [4.78, 5) is 28.6. The molecule has 0 unspecified atom stereocenters. The SMILES string of the molecule is CC(C)(C)N1CCC[C@H](NC(=O)c2ccnc3nc(-c4cc(Br)cs4)[nH]c23)C1. The van der Waals surface area contributed by atoms with Crippen molar-refractivity contribution in [3.8, 4) is 10.7 Å². The third-order valence-electron chi connectivity index (χ3n) is 5.14. The van der Waals surface area contributed by atoms with Crippen molar-refractivity contribution in [3.63, 3.8) is 0 Å². The highest BCUT2D eigenvalue weighted by molar-refractivity contribution is 9.10. The molecule has 3 aromatic heterocycles. The first-order chi connectivity index (χ1) is 13.3. The van der Waals surface area contributed by atoms with Gasteiger partial charge in [-0.25, -0.2) is 9.97 Å². The van der Waals surface area contributed by atoms with Crippen LogP contribution >= 0.6 is 27.3 Å². The van der Waals surface area contributed by atoms with E-state index < -0.39 is 0 Å². The third-order valence-corrected chi connectivity index (χ3v) is 6.84. The maximum absolute atomic E-state index is 13.0. The number of carbonyl (C=O) groups excluding carboxylic acids is 1. The standard InChI is InChI=1S/C20H24BrN5OS/c1-20(2,3)26-8-4-5-13(10-26)23-19(27)14-6-7-22-18-16(14)24-17(25-18)15-9-12(21)11-28-15/h6-7,9,11,13H,4-5,8,10H2,1-3H3,(H,23,27)(H,22,24,25)/t13-/m0/s1. The largest absolute Gasteiger partial charge is 0.348 e. The zero-order valence-electron chi connectivity index (χ0n) is 16.3. The van der Waals surface area contributed by atoms with Gasteiger partial charge in [-0.1, -0.05) is 0 Å². The molecule has 0 saturated carbocycles. The number of H-pyrrole nitrogens is 1. The number of halogens is 1. The molecule has 0 aromatic carbocycles. The van der Waals surface area contributed by atoms with Gasteiger partial charge < -0.3 is 10.3 Å². The summed E-state index contributed by atoms with van der Waals surface area (Å²) in [7, 11) is 0. The van der Waals surface area contributed by atoms with Crippen LogP contribution in [0.15, 0.2) is 28.2 Å². The van der Waals surface area contributed by atoms with Crippen molar-refractivity contribution < 1.29 is 4.79 Å². The number of aromatic nitrogens is 3. The lowest BCUT2D eigenvalue weighted by Gasteiger charge is -2.41. The zero-order chi connectivity index (χ0) is 19.9. The molecule has 28 heavy (non-hydrogen) atoms. The van der Waals surface area contributed by atoms with E-state index in [2.05, 4.69) is 61.9 Å². The first-order valence-corrected chi connectivity index (χ1v) is 11.1. The lowest BCUT2D eigenvalue weighted by atomic mass is 9.98. The highest BCUT2D eigenvalue weighted by Crippen LogP contribution is 2.29. The zero-order valence-corrected chi connectivity index (χ0v) is 18.7. The van der Waals surface area contributed by atoms with Crippen LogP contribution in [0.4, 0.5) is 0 Å². The molecule has 0 aliphatic carbocycles. The minimum atomic E-state index is -0.0734. The van der Waals surface area contributed by atoms with Crippen molar-refractivity contribution in [1.82, 2.24) is 25.2 Å². The number of nitrogens with one attached hydrogen (secondary N) is 2. The smallest absolute Gasteiger partial charge is 0.253 e. The second-order valence-corrected chi connectivity index (χ2v) is 10.0. The maximum atomic E-state index is 13.0. The predicted molar refractivity (Wildman–Crippen MR) is 117 cm³/mol. The second-order valence-electron chi connectivity index (χ2n) is 8.20. The Kier molecular flexibility index (Phi) is 5.28. The molecule has 2 N–H and O–H groups in total. The average molecular weight is 462 g/mol. The highest BCUT2D eigenvalue weighted by Gasteiger charge is 2.29. The van der Waals surface area contributed by atoms with Gasteiger partial charge in [0.25, 0.3) is 5.91 Å². The van der Waals surface area contributed by atoms with Crippen molar-refractivity contribution in [2.24, 2.45) is 0 Å². The molecule has 1 amide bonds. The first kappa shape index (κ1) is 19.5. The van der Waals surface area contributed by atoms with Gasteiger partial charge in [-0.2, -0.15) is 0 Å². The Balaban J connectivity index is 1.56. The first-order valence-electron chi connectivity index (χ1n) is 9.46. The van der Waals surface area contributed by atoms with E-state index in [-0.39, 0.29) is 17.5 Å². The fraction of sp³-hybridized carbons (Fsp3) is 0.450. The van der Waals surface area contributed by atoms with E-state index in [0.29, 0.717) is 16.7 Å². The Bertz CT molecular complexity index is 1010. The summed E-state index contributed by atoms with van der Waals surface area (Å²) in [5.41, 5.74) is 1.95. The van der Waals surface area contributed by atoms with E-state index in [1.807, 2.05) is 11.4 Å². The number of pyridine rings is 1. The van der Waals surface area contributed by atoms with Gasteiger partial charge in [0, 0.05) is 34.2 Å².